The molecule has 0 heterocycles. The summed E-state index contributed by atoms with van der Waals surface area (Å²) in [6, 6.07) is 20.1. The van der Waals surface area contributed by atoms with E-state index >= 15 is 0 Å². The Morgan fingerprint density at radius 1 is 0.947 bits per heavy atom. The largest absolute Gasteiger partial charge is 0.388 e. The molecule has 0 aliphatic heterocycles. The van der Waals surface area contributed by atoms with Gasteiger partial charge in [0.15, 0.2) is 0 Å². The molecule has 2 aromatic rings. The fraction of sp³-hybridized carbons (Fsp3) is 0.176. The van der Waals surface area contributed by atoms with Gasteiger partial charge in [-0.3, -0.25) is 0 Å². The van der Waals surface area contributed by atoms with Crippen LogP contribution < -0.4 is 0 Å². The van der Waals surface area contributed by atoms with Crippen molar-refractivity contribution in [1.82, 2.24) is 0 Å². The fourth-order valence-electron chi connectivity index (χ4n) is 1.77. The van der Waals surface area contributed by atoms with Crippen molar-refractivity contribution < 1.29 is 5.11 Å². The van der Waals surface area contributed by atoms with E-state index in [0.29, 0.717) is 0 Å². The lowest BCUT2D eigenvalue weighted by Crippen LogP contribution is -2.00. The van der Waals surface area contributed by atoms with E-state index < -0.39 is 0 Å². The summed E-state index contributed by atoms with van der Waals surface area (Å²) >= 11 is 1.74. The second kappa shape index (κ2) is 7.82. The summed E-state index contributed by atoms with van der Waals surface area (Å²) in [6.45, 7) is 0. The van der Waals surface area contributed by atoms with Crippen molar-refractivity contribution in [1.29, 1.82) is 0 Å². The van der Waals surface area contributed by atoms with Crippen LogP contribution >= 0.6 is 11.8 Å². The highest BCUT2D eigenvalue weighted by Gasteiger charge is 2.05. The average Bonchev–Trinajstić information content (AvgIpc) is 2.49. The SMILES string of the molecule is O[C@H](CSC/C=C/c1ccccc1)c1ccccc1. The lowest BCUT2D eigenvalue weighted by molar-refractivity contribution is 0.204. The van der Waals surface area contributed by atoms with Crippen LogP contribution in [-0.4, -0.2) is 16.6 Å². The first-order chi connectivity index (χ1) is 9.36. The van der Waals surface area contributed by atoms with Crippen molar-refractivity contribution in [3.8, 4) is 0 Å². The first-order valence-corrected chi connectivity index (χ1v) is 7.54. The summed E-state index contributed by atoms with van der Waals surface area (Å²) in [5, 5.41) is 9.99. The third-order valence-electron chi connectivity index (χ3n) is 2.78. The van der Waals surface area contributed by atoms with Gasteiger partial charge in [0.1, 0.15) is 0 Å². The average molecular weight is 270 g/mol. The summed E-state index contributed by atoms with van der Waals surface area (Å²) in [7, 11) is 0. The molecular weight excluding hydrogens is 252 g/mol. The Labute approximate surface area is 119 Å². The van der Waals surface area contributed by atoms with Gasteiger partial charge in [-0.2, -0.15) is 11.8 Å². The predicted molar refractivity (Wildman–Crippen MR) is 84.2 cm³/mol. The summed E-state index contributed by atoms with van der Waals surface area (Å²) in [4.78, 5) is 0. The lowest BCUT2D eigenvalue weighted by atomic mass is 10.1. The third kappa shape index (κ3) is 4.93. The quantitative estimate of drug-likeness (QED) is 0.795. The van der Waals surface area contributed by atoms with Gasteiger partial charge in [0, 0.05) is 11.5 Å². The van der Waals surface area contributed by atoms with Crippen LogP contribution in [0, 0.1) is 0 Å². The van der Waals surface area contributed by atoms with E-state index in [4.69, 9.17) is 0 Å². The van der Waals surface area contributed by atoms with Crippen molar-refractivity contribution in [3.63, 3.8) is 0 Å². The standard InChI is InChI=1S/C17H18OS/c18-17(16-11-5-2-6-12-16)14-19-13-7-10-15-8-3-1-4-9-15/h1-12,17-18H,13-14H2/b10-7+/t17-/m1/s1. The molecule has 0 aromatic heterocycles. The second-order valence-electron chi connectivity index (χ2n) is 4.28. The first kappa shape index (κ1) is 13.9. The Bertz CT molecular complexity index is 493. The molecule has 0 unspecified atom stereocenters. The van der Waals surface area contributed by atoms with E-state index in [1.165, 1.54) is 5.56 Å². The maximum Gasteiger partial charge on any atom is 0.0880 e. The smallest absolute Gasteiger partial charge is 0.0880 e. The summed E-state index contributed by atoms with van der Waals surface area (Å²) in [5.74, 6) is 1.64. The van der Waals surface area contributed by atoms with Crippen molar-refractivity contribution in [2.45, 2.75) is 6.10 Å². The molecule has 0 radical (unpaired) electrons. The molecule has 0 aliphatic rings. The molecule has 0 amide bonds. The molecule has 98 valence electrons. The normalized spacial score (nSPS) is 12.7. The topological polar surface area (TPSA) is 20.2 Å². The van der Waals surface area contributed by atoms with Gasteiger partial charge in [0.2, 0.25) is 0 Å². The van der Waals surface area contributed by atoms with E-state index in [-0.39, 0.29) is 6.10 Å². The van der Waals surface area contributed by atoms with E-state index in [0.717, 1.165) is 17.1 Å². The molecule has 0 bridgehead atoms. The van der Waals surface area contributed by atoms with E-state index in [9.17, 15) is 5.11 Å². The Morgan fingerprint density at radius 3 is 2.26 bits per heavy atom. The fourth-order valence-corrected chi connectivity index (χ4v) is 2.55. The number of aliphatic hydroxyl groups excluding tert-OH is 1. The highest BCUT2D eigenvalue weighted by Crippen LogP contribution is 2.18. The zero-order valence-electron chi connectivity index (χ0n) is 10.8. The number of rotatable bonds is 6. The van der Waals surface area contributed by atoms with E-state index in [1.54, 1.807) is 11.8 Å². The van der Waals surface area contributed by atoms with E-state index in [1.807, 2.05) is 48.5 Å². The van der Waals surface area contributed by atoms with Crippen LogP contribution in [0.1, 0.15) is 17.2 Å². The van der Waals surface area contributed by atoms with Crippen LogP contribution in [0.15, 0.2) is 66.7 Å². The van der Waals surface area contributed by atoms with Crippen LogP contribution in [0.25, 0.3) is 6.08 Å². The van der Waals surface area contributed by atoms with Crippen LogP contribution in [0.4, 0.5) is 0 Å². The van der Waals surface area contributed by atoms with Crippen LogP contribution in [-0.2, 0) is 0 Å². The molecule has 0 saturated heterocycles. The number of benzene rings is 2. The summed E-state index contributed by atoms with van der Waals surface area (Å²) in [5.41, 5.74) is 2.20. The summed E-state index contributed by atoms with van der Waals surface area (Å²) < 4.78 is 0. The predicted octanol–water partition coefficient (Wildman–Crippen LogP) is 4.17. The van der Waals surface area contributed by atoms with Gasteiger partial charge in [-0.25, -0.2) is 0 Å². The van der Waals surface area contributed by atoms with Gasteiger partial charge >= 0.3 is 0 Å². The van der Waals surface area contributed by atoms with Crippen LogP contribution in [0.5, 0.6) is 0 Å². The second-order valence-corrected chi connectivity index (χ2v) is 5.35. The molecule has 1 nitrogen and oxygen atoms in total. The Hall–Kier alpha value is -1.51. The zero-order valence-corrected chi connectivity index (χ0v) is 11.6. The highest BCUT2D eigenvalue weighted by molar-refractivity contribution is 7.99. The highest BCUT2D eigenvalue weighted by atomic mass is 32.2. The molecule has 2 rings (SSSR count). The Morgan fingerprint density at radius 2 is 1.58 bits per heavy atom. The minimum absolute atomic E-state index is 0.378. The zero-order chi connectivity index (χ0) is 13.3. The molecule has 0 fully saturated rings. The van der Waals surface area contributed by atoms with Crippen molar-refractivity contribution >= 4 is 17.8 Å². The summed E-state index contributed by atoms with van der Waals surface area (Å²) in [6.07, 6.45) is 3.87. The molecule has 2 heteroatoms. The number of thioether (sulfide) groups is 1. The molecule has 2 aromatic carbocycles. The third-order valence-corrected chi connectivity index (χ3v) is 3.76. The Balaban J connectivity index is 1.71. The lowest BCUT2D eigenvalue weighted by Gasteiger charge is -2.09. The number of aliphatic hydroxyl groups is 1. The van der Waals surface area contributed by atoms with Crippen LogP contribution in [0.2, 0.25) is 0 Å². The number of hydrogen-bond donors (Lipinski definition) is 1. The van der Waals surface area contributed by atoms with Crippen molar-refractivity contribution in [2.24, 2.45) is 0 Å². The molecular formula is C17H18OS. The van der Waals surface area contributed by atoms with Gasteiger partial charge in [0.05, 0.1) is 6.10 Å². The van der Waals surface area contributed by atoms with Gasteiger partial charge in [0.25, 0.3) is 0 Å². The Kier molecular flexibility index (Phi) is 5.73. The molecule has 1 atom stereocenters. The molecule has 0 spiro atoms. The monoisotopic (exact) mass is 270 g/mol. The minimum Gasteiger partial charge on any atom is -0.388 e. The van der Waals surface area contributed by atoms with Gasteiger partial charge in [-0.15, -0.1) is 0 Å². The first-order valence-electron chi connectivity index (χ1n) is 6.38. The molecule has 0 aliphatic carbocycles. The maximum absolute atomic E-state index is 9.99. The maximum atomic E-state index is 9.99. The van der Waals surface area contributed by atoms with E-state index in [2.05, 4.69) is 24.3 Å². The molecule has 1 N–H and O–H groups in total. The molecule has 19 heavy (non-hydrogen) atoms. The van der Waals surface area contributed by atoms with Gasteiger partial charge in [-0.1, -0.05) is 72.8 Å². The van der Waals surface area contributed by atoms with Crippen LogP contribution in [0.3, 0.4) is 0 Å². The van der Waals surface area contributed by atoms with Crippen molar-refractivity contribution in [3.05, 3.63) is 77.9 Å². The van der Waals surface area contributed by atoms with Gasteiger partial charge in [-0.05, 0) is 11.1 Å². The molecule has 0 saturated carbocycles. The van der Waals surface area contributed by atoms with Crippen molar-refractivity contribution in [2.75, 3.05) is 11.5 Å². The minimum atomic E-state index is -0.378. The van der Waals surface area contributed by atoms with Gasteiger partial charge < -0.3 is 5.11 Å². The number of hydrogen-bond acceptors (Lipinski definition) is 2.